The summed E-state index contributed by atoms with van der Waals surface area (Å²) >= 11 is 1.70. The SMILES string of the molecule is CC(=O)OC[C@@H]1CSC(c2cc3cc(COc4ccccc4)cc(NC4CCCC4)c3[nH]2)=N1. The van der Waals surface area contributed by atoms with Crippen LogP contribution in [-0.4, -0.2) is 40.4 Å². The maximum absolute atomic E-state index is 11.1. The number of ether oxygens (including phenoxy) is 2. The summed E-state index contributed by atoms with van der Waals surface area (Å²) in [6.45, 7) is 2.28. The lowest BCUT2D eigenvalue weighted by molar-refractivity contribution is -0.141. The van der Waals surface area contributed by atoms with Gasteiger partial charge >= 0.3 is 5.97 Å². The molecule has 7 heteroatoms. The Morgan fingerprint density at radius 3 is 2.79 bits per heavy atom. The predicted molar refractivity (Wildman–Crippen MR) is 134 cm³/mol. The molecule has 0 radical (unpaired) electrons. The van der Waals surface area contributed by atoms with Crippen molar-refractivity contribution >= 4 is 39.4 Å². The molecule has 3 aromatic rings. The lowest BCUT2D eigenvalue weighted by Gasteiger charge is -2.16. The highest BCUT2D eigenvalue weighted by Gasteiger charge is 2.23. The monoisotopic (exact) mass is 463 g/mol. The summed E-state index contributed by atoms with van der Waals surface area (Å²) in [6.07, 6.45) is 4.98. The van der Waals surface area contributed by atoms with Gasteiger partial charge in [0.25, 0.3) is 0 Å². The van der Waals surface area contributed by atoms with Gasteiger partial charge in [-0.25, -0.2) is 0 Å². The number of hydrogen-bond donors (Lipinski definition) is 2. The number of aromatic amines is 1. The van der Waals surface area contributed by atoms with Crippen LogP contribution in [0.2, 0.25) is 0 Å². The highest BCUT2D eigenvalue weighted by atomic mass is 32.2. The number of carbonyl (C=O) groups excluding carboxylic acids is 1. The Morgan fingerprint density at radius 2 is 2.00 bits per heavy atom. The van der Waals surface area contributed by atoms with Crippen molar-refractivity contribution in [2.24, 2.45) is 4.99 Å². The van der Waals surface area contributed by atoms with Gasteiger partial charge in [-0.3, -0.25) is 9.79 Å². The quantitative estimate of drug-likeness (QED) is 0.430. The van der Waals surface area contributed by atoms with E-state index in [-0.39, 0.29) is 12.0 Å². The third-order valence-electron chi connectivity index (χ3n) is 6.07. The second-order valence-electron chi connectivity index (χ2n) is 8.72. The zero-order valence-electron chi connectivity index (χ0n) is 18.8. The van der Waals surface area contributed by atoms with E-state index in [1.807, 2.05) is 30.3 Å². The first-order valence-electron chi connectivity index (χ1n) is 11.6. The Bertz CT molecular complexity index is 1150. The maximum Gasteiger partial charge on any atom is 0.302 e. The minimum Gasteiger partial charge on any atom is -0.489 e. The van der Waals surface area contributed by atoms with Crippen molar-refractivity contribution in [3.8, 4) is 5.75 Å². The number of para-hydroxylation sites is 1. The largest absolute Gasteiger partial charge is 0.489 e. The van der Waals surface area contributed by atoms with Crippen LogP contribution in [0, 0.1) is 0 Å². The Morgan fingerprint density at radius 1 is 1.18 bits per heavy atom. The fraction of sp³-hybridized carbons (Fsp3) is 0.385. The average molecular weight is 464 g/mol. The zero-order valence-corrected chi connectivity index (χ0v) is 19.6. The summed E-state index contributed by atoms with van der Waals surface area (Å²) in [5, 5.41) is 5.89. The van der Waals surface area contributed by atoms with Crippen LogP contribution in [0.25, 0.3) is 10.9 Å². The van der Waals surface area contributed by atoms with Gasteiger partial charge in [0.05, 0.1) is 22.9 Å². The first-order chi connectivity index (χ1) is 16.1. The zero-order chi connectivity index (χ0) is 22.6. The number of H-pyrrole nitrogens is 1. The highest BCUT2D eigenvalue weighted by molar-refractivity contribution is 8.14. The molecule has 0 amide bonds. The van der Waals surface area contributed by atoms with Crippen molar-refractivity contribution < 1.29 is 14.3 Å². The van der Waals surface area contributed by atoms with E-state index in [1.165, 1.54) is 32.6 Å². The van der Waals surface area contributed by atoms with E-state index in [1.54, 1.807) is 11.8 Å². The Kier molecular flexibility index (Phi) is 6.58. The van der Waals surface area contributed by atoms with Gasteiger partial charge in [-0.15, -0.1) is 11.8 Å². The number of aromatic nitrogens is 1. The third kappa shape index (κ3) is 5.36. The summed E-state index contributed by atoms with van der Waals surface area (Å²) in [6, 6.07) is 17.0. The number of esters is 1. The minimum atomic E-state index is -0.262. The topological polar surface area (TPSA) is 75.7 Å². The van der Waals surface area contributed by atoms with Crippen LogP contribution >= 0.6 is 11.8 Å². The van der Waals surface area contributed by atoms with Gasteiger partial charge in [0, 0.05) is 24.1 Å². The third-order valence-corrected chi connectivity index (χ3v) is 7.22. The minimum absolute atomic E-state index is 0.00577. The molecule has 172 valence electrons. The molecule has 1 aliphatic heterocycles. The molecule has 1 atom stereocenters. The van der Waals surface area contributed by atoms with Crippen molar-refractivity contribution in [3.05, 3.63) is 59.8 Å². The summed E-state index contributed by atoms with van der Waals surface area (Å²) in [5.41, 5.74) is 4.37. The van der Waals surface area contributed by atoms with Gasteiger partial charge in [0.2, 0.25) is 0 Å². The van der Waals surface area contributed by atoms with Crippen molar-refractivity contribution in [3.63, 3.8) is 0 Å². The van der Waals surface area contributed by atoms with Crippen molar-refractivity contribution in [2.75, 3.05) is 17.7 Å². The van der Waals surface area contributed by atoms with E-state index in [2.05, 4.69) is 28.5 Å². The predicted octanol–water partition coefficient (Wildman–Crippen LogP) is 5.53. The second kappa shape index (κ2) is 9.91. The molecule has 33 heavy (non-hydrogen) atoms. The number of aliphatic imine (C=N–C) groups is 1. The van der Waals surface area contributed by atoms with E-state index < -0.39 is 0 Å². The molecule has 2 heterocycles. The molecule has 2 N–H and O–H groups in total. The molecule has 0 spiro atoms. The first kappa shape index (κ1) is 21.9. The number of nitrogens with one attached hydrogen (secondary N) is 2. The number of fused-ring (bicyclic) bond motifs is 1. The van der Waals surface area contributed by atoms with Gasteiger partial charge in [-0.1, -0.05) is 31.0 Å². The average Bonchev–Trinajstić information content (AvgIpc) is 3.57. The molecule has 1 aliphatic carbocycles. The molecule has 1 fully saturated rings. The maximum atomic E-state index is 11.1. The fourth-order valence-electron chi connectivity index (χ4n) is 4.45. The summed E-state index contributed by atoms with van der Waals surface area (Å²) in [7, 11) is 0. The Hall–Kier alpha value is -2.93. The van der Waals surface area contributed by atoms with Crippen LogP contribution in [-0.2, 0) is 16.1 Å². The number of anilines is 1. The second-order valence-corrected chi connectivity index (χ2v) is 9.73. The number of hydrogen-bond acceptors (Lipinski definition) is 6. The lowest BCUT2D eigenvalue weighted by Crippen LogP contribution is -2.15. The van der Waals surface area contributed by atoms with Crippen molar-refractivity contribution in [1.82, 2.24) is 4.98 Å². The van der Waals surface area contributed by atoms with E-state index in [0.717, 1.165) is 44.4 Å². The van der Waals surface area contributed by atoms with Gasteiger partial charge in [-0.05, 0) is 48.7 Å². The summed E-state index contributed by atoms with van der Waals surface area (Å²) in [5.74, 6) is 1.43. The van der Waals surface area contributed by atoms with Gasteiger partial charge < -0.3 is 19.8 Å². The van der Waals surface area contributed by atoms with Gasteiger partial charge in [0.15, 0.2) is 0 Å². The number of rotatable bonds is 8. The van der Waals surface area contributed by atoms with Gasteiger partial charge in [-0.2, -0.15) is 0 Å². The molecule has 0 unspecified atom stereocenters. The molecule has 0 bridgehead atoms. The molecule has 5 rings (SSSR count). The molecule has 1 aromatic heterocycles. The number of nitrogens with zero attached hydrogens (tertiary/aromatic N) is 1. The Balaban J connectivity index is 1.41. The first-order valence-corrected chi connectivity index (χ1v) is 12.6. The van der Waals surface area contributed by atoms with Crippen LogP contribution in [0.5, 0.6) is 5.75 Å². The molecule has 0 saturated heterocycles. The lowest BCUT2D eigenvalue weighted by atomic mass is 10.1. The summed E-state index contributed by atoms with van der Waals surface area (Å²) < 4.78 is 11.2. The molecule has 6 nitrogen and oxygen atoms in total. The molecular formula is C26H29N3O3S. The number of thioether (sulfide) groups is 1. The van der Waals surface area contributed by atoms with Crippen molar-refractivity contribution in [2.45, 2.75) is 51.3 Å². The van der Waals surface area contributed by atoms with E-state index in [9.17, 15) is 4.79 Å². The number of carbonyl (C=O) groups is 1. The van der Waals surface area contributed by atoms with Crippen LogP contribution in [0.1, 0.15) is 43.9 Å². The molecule has 1 saturated carbocycles. The Labute approximate surface area is 198 Å². The van der Waals surface area contributed by atoms with Crippen molar-refractivity contribution in [1.29, 1.82) is 0 Å². The highest BCUT2D eigenvalue weighted by Crippen LogP contribution is 2.32. The molecule has 2 aromatic carbocycles. The van der Waals surface area contributed by atoms with Crippen LogP contribution in [0.4, 0.5) is 5.69 Å². The molecular weight excluding hydrogens is 434 g/mol. The normalized spacial score (nSPS) is 18.5. The smallest absolute Gasteiger partial charge is 0.302 e. The van der Waals surface area contributed by atoms with E-state index in [4.69, 9.17) is 14.5 Å². The molecule has 2 aliphatic rings. The van der Waals surface area contributed by atoms with E-state index in [0.29, 0.717) is 19.3 Å². The van der Waals surface area contributed by atoms with E-state index >= 15 is 0 Å². The number of benzene rings is 2. The van der Waals surface area contributed by atoms with Gasteiger partial charge in [0.1, 0.15) is 24.0 Å². The van der Waals surface area contributed by atoms with Crippen LogP contribution in [0.15, 0.2) is 53.5 Å². The van der Waals surface area contributed by atoms with Crippen LogP contribution < -0.4 is 10.1 Å². The summed E-state index contributed by atoms with van der Waals surface area (Å²) in [4.78, 5) is 19.5. The standard InChI is InChI=1S/C26H29N3O3S/c1-17(30)31-15-21-16-33-26(28-21)24-13-19-11-18(14-32-22-9-3-2-4-10-22)12-23(25(19)29-24)27-20-7-5-6-8-20/h2-4,9-13,20-21,27,29H,5-8,14-16H2,1H3/t21-/m1/s1. The van der Waals surface area contributed by atoms with Crippen LogP contribution in [0.3, 0.4) is 0 Å². The fourth-order valence-corrected chi connectivity index (χ4v) is 5.46.